The number of carbonyl (C=O) groups excluding carboxylic acids is 2. The Hall–Kier alpha value is -1.68. The Morgan fingerprint density at radius 1 is 1.38 bits per heavy atom. The molecule has 0 saturated carbocycles. The Kier molecular flexibility index (Phi) is 2.75. The van der Waals surface area contributed by atoms with Crippen molar-refractivity contribution in [3.8, 4) is 0 Å². The van der Waals surface area contributed by atoms with Gasteiger partial charge in [-0.3, -0.25) is 14.9 Å². The largest absolute Gasteiger partial charge is 0.292 e. The van der Waals surface area contributed by atoms with Gasteiger partial charge in [-0.05, 0) is 18.2 Å². The number of amides is 2. The van der Waals surface area contributed by atoms with E-state index in [-0.39, 0.29) is 28.5 Å². The zero-order chi connectivity index (χ0) is 11.7. The molecule has 3 nitrogen and oxygen atoms in total. The third-order valence-electron chi connectivity index (χ3n) is 2.19. The van der Waals surface area contributed by atoms with E-state index in [1.807, 2.05) is 0 Å². The van der Waals surface area contributed by atoms with Crippen LogP contribution in [-0.4, -0.2) is 11.8 Å². The van der Waals surface area contributed by atoms with Crippen LogP contribution < -0.4 is 5.32 Å². The molecule has 0 unspecified atom stereocenters. The summed E-state index contributed by atoms with van der Waals surface area (Å²) in [5.41, 5.74) is 0.496. The number of benzene rings is 1. The molecule has 1 aliphatic heterocycles. The fourth-order valence-electron chi connectivity index (χ4n) is 1.43. The van der Waals surface area contributed by atoms with E-state index in [1.165, 1.54) is 18.2 Å². The second-order valence-corrected chi connectivity index (χ2v) is 3.83. The molecular weight excluding hydrogens is 233 g/mol. The van der Waals surface area contributed by atoms with Gasteiger partial charge >= 0.3 is 0 Å². The van der Waals surface area contributed by atoms with Crippen LogP contribution in [0.2, 0.25) is 5.02 Å². The van der Waals surface area contributed by atoms with Crippen LogP contribution in [0.4, 0.5) is 4.39 Å². The van der Waals surface area contributed by atoms with Crippen LogP contribution in [0.25, 0.3) is 6.08 Å². The molecule has 1 saturated heterocycles. The quantitative estimate of drug-likeness (QED) is 0.601. The molecule has 5 heteroatoms. The van der Waals surface area contributed by atoms with Crippen molar-refractivity contribution < 1.29 is 14.0 Å². The van der Waals surface area contributed by atoms with Crippen molar-refractivity contribution >= 4 is 29.5 Å². The van der Waals surface area contributed by atoms with Crippen molar-refractivity contribution in [3.05, 3.63) is 40.2 Å². The highest BCUT2D eigenvalue weighted by Crippen LogP contribution is 2.19. The Balaban J connectivity index is 2.36. The summed E-state index contributed by atoms with van der Waals surface area (Å²) in [4.78, 5) is 22.1. The van der Waals surface area contributed by atoms with Crippen LogP contribution in [-0.2, 0) is 9.59 Å². The van der Waals surface area contributed by atoms with Crippen molar-refractivity contribution in [2.75, 3.05) is 0 Å². The first-order valence-electron chi connectivity index (χ1n) is 4.56. The number of imide groups is 1. The number of halogens is 2. The highest BCUT2D eigenvalue weighted by atomic mass is 35.5. The predicted octanol–water partition coefficient (Wildman–Crippen LogP) is 1.91. The van der Waals surface area contributed by atoms with Crippen LogP contribution in [0.5, 0.6) is 0 Å². The number of rotatable bonds is 1. The molecule has 1 fully saturated rings. The van der Waals surface area contributed by atoms with E-state index < -0.39 is 11.7 Å². The Morgan fingerprint density at radius 3 is 2.69 bits per heavy atom. The first-order valence-corrected chi connectivity index (χ1v) is 4.94. The fourth-order valence-corrected chi connectivity index (χ4v) is 1.59. The standard InChI is InChI=1S/C11H7ClFNO2/c12-8-2-1-6(9(13)5-8)3-7-4-10(15)14-11(7)16/h1-3,5H,4H2,(H,14,15,16)/b7-3-. The Morgan fingerprint density at radius 2 is 2.12 bits per heavy atom. The Labute approximate surface area is 95.9 Å². The molecule has 0 aliphatic carbocycles. The van der Waals surface area contributed by atoms with Crippen molar-refractivity contribution in [2.24, 2.45) is 0 Å². The van der Waals surface area contributed by atoms with Crippen molar-refractivity contribution in [2.45, 2.75) is 6.42 Å². The van der Waals surface area contributed by atoms with Gasteiger partial charge < -0.3 is 0 Å². The minimum atomic E-state index is -0.521. The molecule has 1 heterocycles. The molecule has 0 radical (unpaired) electrons. The van der Waals surface area contributed by atoms with Gasteiger partial charge in [-0.2, -0.15) is 0 Å². The normalized spacial score (nSPS) is 18.0. The summed E-state index contributed by atoms with van der Waals surface area (Å²) in [6.45, 7) is 0. The lowest BCUT2D eigenvalue weighted by Crippen LogP contribution is -2.19. The monoisotopic (exact) mass is 239 g/mol. The predicted molar refractivity (Wildman–Crippen MR) is 57.2 cm³/mol. The van der Waals surface area contributed by atoms with Crippen molar-refractivity contribution in [3.63, 3.8) is 0 Å². The summed E-state index contributed by atoms with van der Waals surface area (Å²) in [5, 5.41) is 2.41. The molecule has 0 aromatic heterocycles. The highest BCUT2D eigenvalue weighted by Gasteiger charge is 2.23. The van der Waals surface area contributed by atoms with E-state index in [4.69, 9.17) is 11.6 Å². The molecule has 1 aliphatic rings. The summed E-state index contributed by atoms with van der Waals surface area (Å²) in [6.07, 6.45) is 1.34. The molecule has 1 N–H and O–H groups in total. The van der Waals surface area contributed by atoms with Crippen molar-refractivity contribution in [1.29, 1.82) is 0 Å². The number of carbonyl (C=O) groups is 2. The first kappa shape index (κ1) is 10.8. The lowest BCUT2D eigenvalue weighted by atomic mass is 10.1. The zero-order valence-corrected chi connectivity index (χ0v) is 8.84. The lowest BCUT2D eigenvalue weighted by molar-refractivity contribution is -0.124. The van der Waals surface area contributed by atoms with Gasteiger partial charge in [0.05, 0.1) is 6.42 Å². The van der Waals surface area contributed by atoms with Gasteiger partial charge in [0.25, 0.3) is 5.91 Å². The summed E-state index contributed by atoms with van der Waals surface area (Å²) in [6, 6.07) is 4.13. The second kappa shape index (κ2) is 4.06. The first-order chi connectivity index (χ1) is 7.56. The van der Waals surface area contributed by atoms with E-state index in [2.05, 4.69) is 5.32 Å². The smallest absolute Gasteiger partial charge is 0.254 e. The molecule has 0 spiro atoms. The second-order valence-electron chi connectivity index (χ2n) is 3.39. The third kappa shape index (κ3) is 2.12. The minimum absolute atomic E-state index is 0.0130. The molecule has 2 amide bonds. The van der Waals surface area contributed by atoms with Crippen molar-refractivity contribution in [1.82, 2.24) is 5.32 Å². The van der Waals surface area contributed by atoms with Crippen LogP contribution in [0, 0.1) is 5.82 Å². The molecule has 1 aromatic rings. The van der Waals surface area contributed by atoms with E-state index in [0.29, 0.717) is 0 Å². The summed E-state index contributed by atoms with van der Waals surface area (Å²) in [7, 11) is 0. The molecule has 0 atom stereocenters. The van der Waals surface area contributed by atoms with Gasteiger partial charge in [-0.1, -0.05) is 17.7 Å². The van der Waals surface area contributed by atoms with Gasteiger partial charge in [-0.25, -0.2) is 4.39 Å². The Bertz CT molecular complexity index is 511. The maximum atomic E-state index is 13.4. The minimum Gasteiger partial charge on any atom is -0.292 e. The number of hydrogen-bond donors (Lipinski definition) is 1. The molecule has 1 aromatic carbocycles. The van der Waals surface area contributed by atoms with Gasteiger partial charge in [0, 0.05) is 16.2 Å². The van der Waals surface area contributed by atoms with Gasteiger partial charge in [0.1, 0.15) is 5.82 Å². The fraction of sp³-hybridized carbons (Fsp3) is 0.0909. The topological polar surface area (TPSA) is 46.2 Å². The third-order valence-corrected chi connectivity index (χ3v) is 2.42. The van der Waals surface area contributed by atoms with Crippen LogP contribution in [0.1, 0.15) is 12.0 Å². The van der Waals surface area contributed by atoms with Gasteiger partial charge in [0.15, 0.2) is 0 Å². The molecule has 0 bridgehead atoms. The zero-order valence-electron chi connectivity index (χ0n) is 8.09. The van der Waals surface area contributed by atoms with Crippen LogP contribution in [0.3, 0.4) is 0 Å². The SMILES string of the molecule is O=C1C/C(=C/c2ccc(Cl)cc2F)C(=O)N1. The average Bonchev–Trinajstić information content (AvgIpc) is 2.50. The van der Waals surface area contributed by atoms with Crippen LogP contribution in [0.15, 0.2) is 23.8 Å². The van der Waals surface area contributed by atoms with E-state index >= 15 is 0 Å². The highest BCUT2D eigenvalue weighted by molar-refractivity contribution is 6.30. The summed E-state index contributed by atoms with van der Waals surface area (Å²) in [5.74, 6) is -1.36. The number of hydrogen-bond acceptors (Lipinski definition) is 2. The molecule has 2 rings (SSSR count). The molecule has 82 valence electrons. The molecule has 16 heavy (non-hydrogen) atoms. The maximum Gasteiger partial charge on any atom is 0.254 e. The van der Waals surface area contributed by atoms with Gasteiger partial charge in [-0.15, -0.1) is 0 Å². The van der Waals surface area contributed by atoms with Gasteiger partial charge in [0.2, 0.25) is 5.91 Å². The van der Waals surface area contributed by atoms with E-state index in [1.54, 1.807) is 0 Å². The summed E-state index contributed by atoms with van der Waals surface area (Å²) < 4.78 is 13.4. The molecular formula is C11H7ClFNO2. The average molecular weight is 240 g/mol. The van der Waals surface area contributed by atoms with E-state index in [9.17, 15) is 14.0 Å². The maximum absolute atomic E-state index is 13.4. The number of nitrogens with one attached hydrogen (secondary N) is 1. The van der Waals surface area contributed by atoms with Crippen LogP contribution >= 0.6 is 11.6 Å². The van der Waals surface area contributed by atoms with E-state index in [0.717, 1.165) is 6.07 Å². The summed E-state index contributed by atoms with van der Waals surface area (Å²) >= 11 is 5.59. The lowest BCUT2D eigenvalue weighted by Gasteiger charge is -1.98.